The highest BCUT2D eigenvalue weighted by molar-refractivity contribution is 5.38. The van der Waals surface area contributed by atoms with Crippen LogP contribution in [0.2, 0.25) is 0 Å². The van der Waals surface area contributed by atoms with E-state index in [9.17, 15) is 10.2 Å². The molecule has 80 valence electrons. The molecule has 2 nitrogen and oxygen atoms in total. The molecule has 2 fully saturated rings. The summed E-state index contributed by atoms with van der Waals surface area (Å²) in [6.45, 7) is 0.231. The van der Waals surface area contributed by atoms with Gasteiger partial charge in [-0.25, -0.2) is 0 Å². The molecule has 0 saturated heterocycles. The van der Waals surface area contributed by atoms with E-state index < -0.39 is 5.60 Å². The van der Waals surface area contributed by atoms with E-state index in [1.54, 1.807) is 0 Å². The summed E-state index contributed by atoms with van der Waals surface area (Å²) >= 11 is 0. The Balaban J connectivity index is 1.97. The maximum Gasteiger partial charge on any atom is 0.0899 e. The van der Waals surface area contributed by atoms with Crippen molar-refractivity contribution in [3.05, 3.63) is 35.4 Å². The summed E-state index contributed by atoms with van der Waals surface area (Å²) in [5, 5.41) is 19.4. The minimum Gasteiger partial charge on any atom is -0.395 e. The lowest BCUT2D eigenvalue weighted by atomic mass is 9.93. The van der Waals surface area contributed by atoms with Crippen LogP contribution in [0, 0.1) is 0 Å². The van der Waals surface area contributed by atoms with E-state index >= 15 is 0 Å². The Morgan fingerprint density at radius 3 is 2.27 bits per heavy atom. The fraction of sp³-hybridized carbons (Fsp3) is 0.538. The zero-order valence-electron chi connectivity index (χ0n) is 8.74. The largest absolute Gasteiger partial charge is 0.395 e. The van der Waals surface area contributed by atoms with Crippen molar-refractivity contribution in [2.45, 2.75) is 36.7 Å². The van der Waals surface area contributed by atoms with Crippen molar-refractivity contribution in [2.75, 3.05) is 6.61 Å². The maximum absolute atomic E-state index is 10.0. The maximum atomic E-state index is 10.0. The van der Waals surface area contributed by atoms with Gasteiger partial charge in [-0.15, -0.1) is 0 Å². The van der Waals surface area contributed by atoms with Gasteiger partial charge >= 0.3 is 0 Å². The molecule has 0 atom stereocenters. The van der Waals surface area contributed by atoms with Crippen LogP contribution >= 0.6 is 0 Å². The lowest BCUT2D eigenvalue weighted by Crippen LogP contribution is -2.13. The molecule has 2 N–H and O–H groups in total. The van der Waals surface area contributed by atoms with Gasteiger partial charge in [0.05, 0.1) is 12.2 Å². The van der Waals surface area contributed by atoms with E-state index in [0.29, 0.717) is 0 Å². The Morgan fingerprint density at radius 2 is 1.73 bits per heavy atom. The monoisotopic (exact) mass is 204 g/mol. The molecule has 0 spiro atoms. The molecule has 2 heteroatoms. The summed E-state index contributed by atoms with van der Waals surface area (Å²) in [6.07, 6.45) is 3.90. The molecule has 3 rings (SSSR count). The van der Waals surface area contributed by atoms with E-state index in [2.05, 4.69) is 12.1 Å². The fourth-order valence-electron chi connectivity index (χ4n) is 2.23. The first-order valence-corrected chi connectivity index (χ1v) is 5.63. The third-order valence-corrected chi connectivity index (χ3v) is 3.89. The highest BCUT2D eigenvalue weighted by Gasteiger charge is 2.46. The second-order valence-electron chi connectivity index (χ2n) is 5.05. The van der Waals surface area contributed by atoms with Crippen molar-refractivity contribution in [1.82, 2.24) is 0 Å². The number of aliphatic hydroxyl groups is 2. The summed E-state index contributed by atoms with van der Waals surface area (Å²) in [5.74, 6) is 0. The quantitative estimate of drug-likeness (QED) is 0.786. The van der Waals surface area contributed by atoms with Crippen LogP contribution in [0.4, 0.5) is 0 Å². The van der Waals surface area contributed by atoms with Crippen LogP contribution in [0.25, 0.3) is 0 Å². The van der Waals surface area contributed by atoms with E-state index in [-0.39, 0.29) is 12.0 Å². The van der Waals surface area contributed by atoms with E-state index in [0.717, 1.165) is 31.2 Å². The van der Waals surface area contributed by atoms with Gasteiger partial charge in [-0.2, -0.15) is 0 Å². The molecule has 2 saturated carbocycles. The fourth-order valence-corrected chi connectivity index (χ4v) is 2.23. The van der Waals surface area contributed by atoms with E-state index in [4.69, 9.17) is 0 Å². The normalized spacial score (nSPS) is 24.9. The average molecular weight is 204 g/mol. The number of benzene rings is 1. The standard InChI is InChI=1S/C13H16O2/c14-9-12(4-5-12)10-2-1-3-11(8-10)13(15)6-7-13/h1-3,8,14-15H,4-7,9H2. The molecule has 0 heterocycles. The van der Waals surface area contributed by atoms with Crippen molar-refractivity contribution >= 4 is 0 Å². The lowest BCUT2D eigenvalue weighted by Gasteiger charge is -2.15. The molecule has 0 bridgehead atoms. The smallest absolute Gasteiger partial charge is 0.0899 e. The first-order chi connectivity index (χ1) is 7.19. The van der Waals surface area contributed by atoms with Gasteiger partial charge in [-0.05, 0) is 36.8 Å². The molecule has 0 amide bonds. The van der Waals surface area contributed by atoms with Crippen LogP contribution in [0.15, 0.2) is 24.3 Å². The zero-order chi connectivity index (χ0) is 10.5. The molecule has 0 radical (unpaired) electrons. The molecule has 2 aliphatic carbocycles. The second-order valence-corrected chi connectivity index (χ2v) is 5.05. The Kier molecular flexibility index (Phi) is 1.77. The van der Waals surface area contributed by atoms with Crippen LogP contribution in [0.3, 0.4) is 0 Å². The Hall–Kier alpha value is -0.860. The van der Waals surface area contributed by atoms with Crippen LogP contribution in [-0.4, -0.2) is 16.8 Å². The van der Waals surface area contributed by atoms with Crippen LogP contribution in [0.5, 0.6) is 0 Å². The van der Waals surface area contributed by atoms with E-state index in [1.165, 1.54) is 5.56 Å². The zero-order valence-corrected chi connectivity index (χ0v) is 8.74. The Morgan fingerprint density at radius 1 is 1.07 bits per heavy atom. The molecule has 15 heavy (non-hydrogen) atoms. The van der Waals surface area contributed by atoms with Gasteiger partial charge in [0.25, 0.3) is 0 Å². The predicted molar refractivity (Wildman–Crippen MR) is 57.6 cm³/mol. The molecule has 1 aromatic rings. The molecule has 0 aliphatic heterocycles. The highest BCUT2D eigenvalue weighted by atomic mass is 16.3. The Bertz CT molecular complexity index is 389. The van der Waals surface area contributed by atoms with Crippen molar-refractivity contribution in [3.63, 3.8) is 0 Å². The lowest BCUT2D eigenvalue weighted by molar-refractivity contribution is 0.151. The summed E-state index contributed by atoms with van der Waals surface area (Å²) < 4.78 is 0. The third-order valence-electron chi connectivity index (χ3n) is 3.89. The summed E-state index contributed by atoms with van der Waals surface area (Å²) in [7, 11) is 0. The molecular weight excluding hydrogens is 188 g/mol. The molecule has 1 aromatic carbocycles. The number of rotatable bonds is 3. The first kappa shape index (κ1) is 9.37. The van der Waals surface area contributed by atoms with Gasteiger partial charge in [-0.1, -0.05) is 24.3 Å². The van der Waals surface area contributed by atoms with Gasteiger partial charge < -0.3 is 10.2 Å². The molecule has 0 unspecified atom stereocenters. The summed E-state index contributed by atoms with van der Waals surface area (Å²) in [4.78, 5) is 0. The minimum atomic E-state index is -0.554. The van der Waals surface area contributed by atoms with Gasteiger partial charge in [0.1, 0.15) is 0 Å². The molecular formula is C13H16O2. The van der Waals surface area contributed by atoms with Crippen molar-refractivity contribution in [3.8, 4) is 0 Å². The average Bonchev–Trinajstić information content (AvgIpc) is 3.15. The number of aliphatic hydroxyl groups excluding tert-OH is 1. The molecule has 2 aliphatic rings. The highest BCUT2D eigenvalue weighted by Crippen LogP contribution is 2.50. The summed E-state index contributed by atoms with van der Waals surface area (Å²) in [6, 6.07) is 8.13. The number of hydrogen-bond acceptors (Lipinski definition) is 2. The predicted octanol–water partition coefficient (Wildman–Crippen LogP) is 1.69. The van der Waals surface area contributed by atoms with Gasteiger partial charge in [0.15, 0.2) is 0 Å². The SMILES string of the molecule is OCC1(c2cccc(C3(O)CC3)c2)CC1. The first-order valence-electron chi connectivity index (χ1n) is 5.63. The number of hydrogen-bond donors (Lipinski definition) is 2. The third kappa shape index (κ3) is 1.40. The Labute approximate surface area is 89.6 Å². The van der Waals surface area contributed by atoms with Crippen molar-refractivity contribution in [2.24, 2.45) is 0 Å². The van der Waals surface area contributed by atoms with Crippen LogP contribution in [0.1, 0.15) is 36.8 Å². The van der Waals surface area contributed by atoms with Crippen molar-refractivity contribution in [1.29, 1.82) is 0 Å². The minimum absolute atomic E-state index is 0.0151. The molecule has 0 aromatic heterocycles. The van der Waals surface area contributed by atoms with Gasteiger partial charge in [0, 0.05) is 5.41 Å². The van der Waals surface area contributed by atoms with Crippen molar-refractivity contribution < 1.29 is 10.2 Å². The van der Waals surface area contributed by atoms with E-state index in [1.807, 2.05) is 12.1 Å². The van der Waals surface area contributed by atoms with Gasteiger partial charge in [0.2, 0.25) is 0 Å². The second kappa shape index (κ2) is 2.83. The van der Waals surface area contributed by atoms with Crippen LogP contribution in [-0.2, 0) is 11.0 Å². The van der Waals surface area contributed by atoms with Crippen LogP contribution < -0.4 is 0 Å². The summed E-state index contributed by atoms with van der Waals surface area (Å²) in [5.41, 5.74) is 1.69. The van der Waals surface area contributed by atoms with Gasteiger partial charge in [-0.3, -0.25) is 0 Å². The topological polar surface area (TPSA) is 40.5 Å².